The summed E-state index contributed by atoms with van der Waals surface area (Å²) < 4.78 is 53.7. The summed E-state index contributed by atoms with van der Waals surface area (Å²) in [5.41, 5.74) is 2.67. The maximum absolute atomic E-state index is 15.6. The Morgan fingerprint density at radius 2 is 1.73 bits per heavy atom. The molecule has 0 fully saturated rings. The Kier molecular flexibility index (Phi) is 9.14. The van der Waals surface area contributed by atoms with E-state index in [1.165, 1.54) is 30.9 Å². The van der Waals surface area contributed by atoms with Gasteiger partial charge in [-0.25, -0.2) is 27.2 Å². The topological polar surface area (TPSA) is 94.2 Å². The number of hydrogen-bond donors (Lipinski definition) is 2. The van der Waals surface area contributed by atoms with Gasteiger partial charge in [-0.1, -0.05) is 30.9 Å². The van der Waals surface area contributed by atoms with Crippen molar-refractivity contribution in [1.29, 1.82) is 0 Å². The number of anilines is 1. The Balaban J connectivity index is 1.81. The van der Waals surface area contributed by atoms with Gasteiger partial charge in [-0.2, -0.15) is 0 Å². The highest BCUT2D eigenvalue weighted by Crippen LogP contribution is 2.31. The number of fused-ring (bicyclic) bond motifs is 1. The number of aromatic nitrogens is 3. The van der Waals surface area contributed by atoms with Crippen LogP contribution in [0.5, 0.6) is 0 Å². The van der Waals surface area contributed by atoms with Gasteiger partial charge in [0.05, 0.1) is 19.4 Å². The fourth-order valence-corrected chi connectivity index (χ4v) is 5.35. The minimum absolute atomic E-state index is 0.0446. The first-order valence-corrected chi connectivity index (χ1v) is 14.0. The van der Waals surface area contributed by atoms with E-state index in [9.17, 15) is 18.4 Å². The zero-order valence-electron chi connectivity index (χ0n) is 25.2. The predicted octanol–water partition coefficient (Wildman–Crippen LogP) is 4.46. The van der Waals surface area contributed by atoms with Gasteiger partial charge in [0.2, 0.25) is 0 Å². The van der Waals surface area contributed by atoms with Gasteiger partial charge in [-0.05, 0) is 56.4 Å². The highest BCUT2D eigenvalue weighted by molar-refractivity contribution is 5.78. The molecule has 2 aromatic carbocycles. The third-order valence-corrected chi connectivity index (χ3v) is 7.41. The molecule has 13 heteroatoms. The molecule has 0 radical (unpaired) electrons. The molecule has 0 spiro atoms. The van der Waals surface area contributed by atoms with Crippen LogP contribution in [-0.4, -0.2) is 53.1 Å². The maximum atomic E-state index is 15.6. The Morgan fingerprint density at radius 1 is 1.04 bits per heavy atom. The summed E-state index contributed by atoms with van der Waals surface area (Å²) in [5, 5.41) is 3.04. The Morgan fingerprint density at radius 3 is 2.36 bits per heavy atom. The number of methoxy groups -OCH3 is 1. The number of rotatable bonds is 11. The summed E-state index contributed by atoms with van der Waals surface area (Å²) in [7, 11) is 6.41. The number of allylic oxidation sites excluding steroid dienone is 2. The summed E-state index contributed by atoms with van der Waals surface area (Å²) in [5.74, 6) is -2.14. The minimum Gasteiger partial charge on any atom is -0.374 e. The van der Waals surface area contributed by atoms with E-state index in [-0.39, 0.29) is 29.7 Å². The van der Waals surface area contributed by atoms with Gasteiger partial charge in [0.1, 0.15) is 29.1 Å². The number of benzene rings is 2. The van der Waals surface area contributed by atoms with E-state index in [0.717, 1.165) is 16.8 Å². The minimum atomic E-state index is -1.00. The van der Waals surface area contributed by atoms with Crippen LogP contribution in [-0.2, 0) is 22.7 Å². The average Bonchev–Trinajstić information content (AvgIpc) is 3.36. The molecule has 0 saturated carbocycles. The van der Waals surface area contributed by atoms with Crippen molar-refractivity contribution in [3.8, 4) is 11.1 Å². The molecule has 1 unspecified atom stereocenters. The highest BCUT2D eigenvalue weighted by atomic mass is 19.1. The lowest BCUT2D eigenvalue weighted by Gasteiger charge is -2.21. The normalized spacial score (nSPS) is 14.9. The van der Waals surface area contributed by atoms with Gasteiger partial charge in [0.25, 0.3) is 5.56 Å². The summed E-state index contributed by atoms with van der Waals surface area (Å²) in [6.45, 7) is 3.48. The molecule has 10 nitrogen and oxygen atoms in total. The molecule has 236 valence electrons. The molecular weight excluding hydrogens is 589 g/mol. The lowest BCUT2D eigenvalue weighted by molar-refractivity contribution is 0.114. The molecule has 4 aromatic rings. The molecule has 2 heterocycles. The number of hydrogen-bond acceptors (Lipinski definition) is 7. The monoisotopic (exact) mass is 622 g/mol. The van der Waals surface area contributed by atoms with Gasteiger partial charge in [-0.3, -0.25) is 19.6 Å². The third kappa shape index (κ3) is 6.10. The van der Waals surface area contributed by atoms with Crippen LogP contribution >= 0.6 is 0 Å². The van der Waals surface area contributed by atoms with Gasteiger partial charge < -0.3 is 15.0 Å². The van der Waals surface area contributed by atoms with E-state index in [1.807, 2.05) is 31.1 Å². The fraction of sp³-hybridized carbons (Fsp3) is 0.250. The van der Waals surface area contributed by atoms with Crippen LogP contribution in [0.15, 0.2) is 88.6 Å². The molecule has 0 saturated heterocycles. The maximum Gasteiger partial charge on any atom is 0.351 e. The van der Waals surface area contributed by atoms with E-state index in [1.54, 1.807) is 24.4 Å². The zero-order valence-corrected chi connectivity index (χ0v) is 25.2. The quantitative estimate of drug-likeness (QED) is 0.239. The molecule has 1 aliphatic carbocycles. The summed E-state index contributed by atoms with van der Waals surface area (Å²) in [6, 6.07) is 10.6. The summed E-state index contributed by atoms with van der Waals surface area (Å²) in [6.07, 6.45) is 3.72. The second kappa shape index (κ2) is 13.0. The van der Waals surface area contributed by atoms with Crippen molar-refractivity contribution in [2.45, 2.75) is 25.6 Å². The Labute approximate surface area is 256 Å². The predicted molar refractivity (Wildman–Crippen MR) is 166 cm³/mol. The lowest BCUT2D eigenvalue weighted by atomic mass is 10.0. The summed E-state index contributed by atoms with van der Waals surface area (Å²) >= 11 is 0. The van der Waals surface area contributed by atoms with Crippen LogP contribution in [0.4, 0.5) is 18.9 Å². The van der Waals surface area contributed by atoms with Crippen molar-refractivity contribution < 1.29 is 22.7 Å². The molecule has 1 aliphatic rings. The molecule has 5 rings (SSSR count). The fourth-order valence-electron chi connectivity index (χ4n) is 5.35. The van der Waals surface area contributed by atoms with Crippen LogP contribution < -0.4 is 22.0 Å². The van der Waals surface area contributed by atoms with Gasteiger partial charge in [-0.15, -0.1) is 0 Å². The Bertz CT molecular complexity index is 1920. The zero-order chi connectivity index (χ0) is 32.4. The van der Waals surface area contributed by atoms with E-state index in [4.69, 9.17) is 9.57 Å². The van der Waals surface area contributed by atoms with Crippen LogP contribution in [0.1, 0.15) is 17.5 Å². The first kappa shape index (κ1) is 31.6. The molecular formula is C32H33F3N6O4. The van der Waals surface area contributed by atoms with Crippen LogP contribution in [0, 0.1) is 11.6 Å². The second-order valence-electron chi connectivity index (χ2n) is 10.7. The van der Waals surface area contributed by atoms with E-state index in [2.05, 4.69) is 17.4 Å². The number of halogens is 3. The van der Waals surface area contributed by atoms with Crippen molar-refractivity contribution in [3.63, 3.8) is 0 Å². The van der Waals surface area contributed by atoms with E-state index >= 15 is 4.39 Å². The molecule has 0 amide bonds. The van der Waals surface area contributed by atoms with Crippen LogP contribution in [0.2, 0.25) is 0 Å². The Hall–Kier alpha value is -4.85. The van der Waals surface area contributed by atoms with Crippen LogP contribution in [0.3, 0.4) is 0 Å². The van der Waals surface area contributed by atoms with Crippen molar-refractivity contribution in [3.05, 3.63) is 123 Å². The first-order valence-electron chi connectivity index (χ1n) is 14.0. The smallest absolute Gasteiger partial charge is 0.351 e. The number of ether oxygens (including phenoxy) is 1. The largest absolute Gasteiger partial charge is 0.374 e. The molecule has 2 aromatic heterocycles. The van der Waals surface area contributed by atoms with Crippen molar-refractivity contribution in [2.75, 3.05) is 33.6 Å². The van der Waals surface area contributed by atoms with Gasteiger partial charge >= 0.3 is 5.69 Å². The molecule has 45 heavy (non-hydrogen) atoms. The standard InChI is InChI=1S/C32H33F3N6O4/c1-19(37-45-5)36-21-14-12-20(13-15-21)22-17-39-30(23(22)16-38(2)3)31(42)41(27-10-7-11-28(44-4)29(27)35)32(43)40(39)18-24-25(33)8-6-9-26(24)34/h6-10,12-15,17,28,36-37H,1,11,16,18H2,2-5H3. The second-order valence-corrected chi connectivity index (χ2v) is 10.7. The van der Waals surface area contributed by atoms with E-state index < -0.39 is 41.4 Å². The molecule has 2 N–H and O–H groups in total. The number of nitrogens with zero attached hydrogens (tertiary/aromatic N) is 4. The molecule has 0 bridgehead atoms. The number of hydroxylamine groups is 1. The van der Waals surface area contributed by atoms with E-state index in [0.29, 0.717) is 32.8 Å². The third-order valence-electron chi connectivity index (χ3n) is 7.41. The van der Waals surface area contributed by atoms with Gasteiger partial charge in [0.15, 0.2) is 5.83 Å². The average molecular weight is 623 g/mol. The SMILES string of the molecule is C=C(NOC)Nc1ccc(-c2cn3c(c2CN(C)C)c(=O)n(C2=C(F)C(OC)CC=C2)c(=O)n3Cc2c(F)cccc2F)cc1. The van der Waals surface area contributed by atoms with Crippen LogP contribution in [0.25, 0.3) is 22.3 Å². The summed E-state index contributed by atoms with van der Waals surface area (Å²) in [4.78, 5) is 35.0. The van der Waals surface area contributed by atoms with Crippen molar-refractivity contribution in [2.24, 2.45) is 0 Å². The van der Waals surface area contributed by atoms with Crippen molar-refractivity contribution >= 4 is 16.9 Å². The first-order chi connectivity index (χ1) is 21.5. The van der Waals surface area contributed by atoms with Gasteiger partial charge in [0, 0.05) is 42.2 Å². The molecule has 0 aliphatic heterocycles. The highest BCUT2D eigenvalue weighted by Gasteiger charge is 2.28. The lowest BCUT2D eigenvalue weighted by Crippen LogP contribution is -2.43. The number of nitrogens with one attached hydrogen (secondary N) is 2. The van der Waals surface area contributed by atoms with Crippen molar-refractivity contribution in [1.82, 2.24) is 24.1 Å². The molecule has 1 atom stereocenters.